The van der Waals surface area contributed by atoms with E-state index < -0.39 is 17.6 Å². The zero-order valence-corrected chi connectivity index (χ0v) is 13.5. The second-order valence-electron chi connectivity index (χ2n) is 5.13. The Morgan fingerprint density at radius 1 is 1.04 bits per heavy atom. The van der Waals surface area contributed by atoms with Gasteiger partial charge in [-0.25, -0.2) is 9.37 Å². The van der Waals surface area contributed by atoms with Crippen molar-refractivity contribution in [1.82, 2.24) is 4.98 Å². The van der Waals surface area contributed by atoms with E-state index in [1.165, 1.54) is 0 Å². The smallest absolute Gasteiger partial charge is 0.246 e. The van der Waals surface area contributed by atoms with Gasteiger partial charge < -0.3 is 0 Å². The van der Waals surface area contributed by atoms with E-state index in [0.29, 0.717) is 27.6 Å². The molecule has 0 spiro atoms. The second kappa shape index (κ2) is 6.22. The van der Waals surface area contributed by atoms with Crippen molar-refractivity contribution in [2.24, 2.45) is 0 Å². The fourth-order valence-electron chi connectivity index (χ4n) is 2.50. The average molecular weight is 374 g/mol. The number of rotatable bonds is 2. The number of pyridine rings is 1. The fourth-order valence-corrected chi connectivity index (χ4v) is 2.93. The van der Waals surface area contributed by atoms with Gasteiger partial charge in [-0.2, -0.15) is 13.2 Å². The number of halogens is 6. The van der Waals surface area contributed by atoms with E-state index in [1.807, 2.05) is 0 Å². The minimum Gasteiger partial charge on any atom is -0.246 e. The van der Waals surface area contributed by atoms with Gasteiger partial charge in [0.15, 0.2) is 0 Å². The highest BCUT2D eigenvalue weighted by Crippen LogP contribution is 2.39. The maximum absolute atomic E-state index is 13.6. The van der Waals surface area contributed by atoms with Crippen molar-refractivity contribution < 1.29 is 17.6 Å². The quantitative estimate of drug-likeness (QED) is 0.371. The Morgan fingerprint density at radius 3 is 2.46 bits per heavy atom. The van der Waals surface area contributed by atoms with Gasteiger partial charge in [0, 0.05) is 16.8 Å². The second-order valence-corrected chi connectivity index (χ2v) is 5.80. The molecule has 1 heterocycles. The summed E-state index contributed by atoms with van der Waals surface area (Å²) in [5.41, 5.74) is -0.672. The van der Waals surface area contributed by atoms with E-state index in [1.54, 1.807) is 24.3 Å². The molecule has 0 aliphatic carbocycles. The summed E-state index contributed by atoms with van der Waals surface area (Å²) < 4.78 is 53.5. The highest BCUT2D eigenvalue weighted by atomic mass is 35.5. The zero-order valence-electron chi connectivity index (χ0n) is 12.0. The van der Waals surface area contributed by atoms with Crippen LogP contribution in [-0.2, 0) is 12.1 Å². The van der Waals surface area contributed by atoms with Gasteiger partial charge in [0.2, 0.25) is 0 Å². The van der Waals surface area contributed by atoms with Crippen LogP contribution < -0.4 is 0 Å². The Labute approximate surface area is 144 Å². The van der Waals surface area contributed by atoms with E-state index in [9.17, 15) is 17.6 Å². The molecule has 3 rings (SSSR count). The molecule has 3 aromatic rings. The predicted molar refractivity (Wildman–Crippen MR) is 86.7 cm³/mol. The Kier molecular flexibility index (Phi) is 4.40. The molecule has 24 heavy (non-hydrogen) atoms. The molecule has 0 aliphatic heterocycles. The molecular formula is C17H9Cl2F4N. The number of fused-ring (bicyclic) bond motifs is 1. The van der Waals surface area contributed by atoms with E-state index in [4.69, 9.17) is 23.2 Å². The predicted octanol–water partition coefficient (Wildman–Crippen LogP) is 6.45. The lowest BCUT2D eigenvalue weighted by Crippen LogP contribution is -2.09. The van der Waals surface area contributed by atoms with Gasteiger partial charge >= 0.3 is 6.18 Å². The summed E-state index contributed by atoms with van der Waals surface area (Å²) in [6.45, 7) is 0. The first-order valence-electron chi connectivity index (χ1n) is 6.82. The molecule has 7 heteroatoms. The van der Waals surface area contributed by atoms with Crippen LogP contribution in [0.1, 0.15) is 11.1 Å². The van der Waals surface area contributed by atoms with Crippen LogP contribution >= 0.6 is 23.2 Å². The monoisotopic (exact) mass is 373 g/mol. The standard InChI is InChI=1S/C17H9Cl2F4N/c18-8-10-6-9-2-1-3-14(19)16(9)24-15(10)12-7-11(20)4-5-13(12)17(21,22)23/h1-7H,8H2. The fraction of sp³-hybridized carbons (Fsp3) is 0.118. The minimum atomic E-state index is -4.65. The lowest BCUT2D eigenvalue weighted by molar-refractivity contribution is -0.137. The molecule has 0 radical (unpaired) electrons. The van der Waals surface area contributed by atoms with Gasteiger partial charge in [0.1, 0.15) is 5.82 Å². The summed E-state index contributed by atoms with van der Waals surface area (Å²) in [4.78, 5) is 4.25. The van der Waals surface area contributed by atoms with Crippen LogP contribution in [0.4, 0.5) is 17.6 Å². The van der Waals surface area contributed by atoms with Gasteiger partial charge in [-0.15, -0.1) is 11.6 Å². The van der Waals surface area contributed by atoms with Crippen LogP contribution in [0.25, 0.3) is 22.2 Å². The summed E-state index contributed by atoms with van der Waals surface area (Å²) in [6, 6.07) is 8.89. The van der Waals surface area contributed by atoms with E-state index in [0.717, 1.165) is 12.1 Å². The molecule has 0 N–H and O–H groups in total. The largest absolute Gasteiger partial charge is 0.417 e. The summed E-state index contributed by atoms with van der Waals surface area (Å²) >= 11 is 12.0. The molecule has 1 aromatic heterocycles. The zero-order chi connectivity index (χ0) is 17.5. The Hall–Kier alpha value is -1.85. The molecule has 0 unspecified atom stereocenters. The van der Waals surface area contributed by atoms with Crippen LogP contribution in [0.2, 0.25) is 5.02 Å². The molecule has 0 amide bonds. The summed E-state index contributed by atoms with van der Waals surface area (Å²) in [5.74, 6) is -0.863. The molecule has 0 aliphatic rings. The molecule has 0 saturated heterocycles. The summed E-state index contributed by atoms with van der Waals surface area (Å²) in [6.07, 6.45) is -4.65. The minimum absolute atomic E-state index is 0.0302. The first-order valence-corrected chi connectivity index (χ1v) is 7.73. The summed E-state index contributed by atoms with van der Waals surface area (Å²) in [7, 11) is 0. The Balaban J connectivity index is 2.37. The molecule has 0 fully saturated rings. The van der Waals surface area contributed by atoms with Crippen LogP contribution in [-0.4, -0.2) is 4.98 Å². The number of alkyl halides is 4. The SMILES string of the molecule is Fc1ccc(C(F)(F)F)c(-c2nc3c(Cl)cccc3cc2CCl)c1. The molecule has 2 aromatic carbocycles. The third-order valence-electron chi connectivity index (χ3n) is 3.56. The maximum atomic E-state index is 13.6. The van der Waals surface area contributed by atoms with Crippen LogP contribution in [0.3, 0.4) is 0 Å². The van der Waals surface area contributed by atoms with Crippen LogP contribution in [0.5, 0.6) is 0 Å². The van der Waals surface area contributed by atoms with Crippen LogP contribution in [0, 0.1) is 5.82 Å². The first kappa shape index (κ1) is 17.0. The first-order chi connectivity index (χ1) is 11.3. The normalized spacial score (nSPS) is 11.9. The topological polar surface area (TPSA) is 12.9 Å². The van der Waals surface area contributed by atoms with E-state index in [2.05, 4.69) is 4.98 Å². The van der Waals surface area contributed by atoms with Gasteiger partial charge in [0.05, 0.1) is 21.8 Å². The third-order valence-corrected chi connectivity index (χ3v) is 4.15. The van der Waals surface area contributed by atoms with Gasteiger partial charge in [-0.05, 0) is 35.9 Å². The third kappa shape index (κ3) is 3.06. The Bertz CT molecular complexity index is 922. The van der Waals surface area contributed by atoms with E-state index >= 15 is 0 Å². The van der Waals surface area contributed by atoms with Crippen molar-refractivity contribution >= 4 is 34.1 Å². The van der Waals surface area contributed by atoms with Crippen molar-refractivity contribution in [3.63, 3.8) is 0 Å². The molecule has 0 bridgehead atoms. The molecule has 124 valence electrons. The molecule has 1 nitrogen and oxygen atoms in total. The number of aromatic nitrogens is 1. The number of hydrogen-bond acceptors (Lipinski definition) is 1. The van der Waals surface area contributed by atoms with Crippen LogP contribution in [0.15, 0.2) is 42.5 Å². The molecule has 0 saturated carbocycles. The number of nitrogens with zero attached hydrogens (tertiary/aromatic N) is 1. The average Bonchev–Trinajstić information content (AvgIpc) is 2.53. The van der Waals surface area contributed by atoms with E-state index in [-0.39, 0.29) is 17.1 Å². The van der Waals surface area contributed by atoms with Crippen molar-refractivity contribution in [2.75, 3.05) is 0 Å². The van der Waals surface area contributed by atoms with Crippen molar-refractivity contribution in [3.8, 4) is 11.3 Å². The highest BCUT2D eigenvalue weighted by molar-refractivity contribution is 6.35. The van der Waals surface area contributed by atoms with Crippen molar-refractivity contribution in [2.45, 2.75) is 12.1 Å². The molecular weight excluding hydrogens is 365 g/mol. The number of benzene rings is 2. The summed E-state index contributed by atoms with van der Waals surface area (Å²) in [5, 5.41) is 0.937. The van der Waals surface area contributed by atoms with Gasteiger partial charge in [-0.3, -0.25) is 0 Å². The molecule has 0 atom stereocenters. The highest BCUT2D eigenvalue weighted by Gasteiger charge is 2.34. The van der Waals surface area contributed by atoms with Crippen molar-refractivity contribution in [3.05, 3.63) is 64.4 Å². The number of para-hydroxylation sites is 1. The number of hydrogen-bond donors (Lipinski definition) is 0. The van der Waals surface area contributed by atoms with Gasteiger partial charge in [-0.1, -0.05) is 23.7 Å². The lowest BCUT2D eigenvalue weighted by atomic mass is 9.99. The van der Waals surface area contributed by atoms with Crippen molar-refractivity contribution in [1.29, 1.82) is 0 Å². The lowest BCUT2D eigenvalue weighted by Gasteiger charge is -2.15. The Morgan fingerprint density at radius 2 is 1.79 bits per heavy atom. The van der Waals surface area contributed by atoms with Gasteiger partial charge in [0.25, 0.3) is 0 Å². The maximum Gasteiger partial charge on any atom is 0.417 e.